The minimum absolute atomic E-state index is 0.0921. The number of carbonyl (C=O) groups excluding carboxylic acids is 5. The predicted molar refractivity (Wildman–Crippen MR) is 232 cm³/mol. The molecule has 2 aliphatic heterocycles. The molecule has 0 fully saturated rings. The number of nitrogens with one attached hydrogen (secondary N) is 5. The van der Waals surface area contributed by atoms with E-state index in [0.29, 0.717) is 102 Å². The van der Waals surface area contributed by atoms with E-state index in [9.17, 15) is 33.9 Å². The second-order valence-electron chi connectivity index (χ2n) is 16.9. The van der Waals surface area contributed by atoms with Gasteiger partial charge in [-0.15, -0.1) is 6.58 Å². The number of aryl methyl sites for hydroxylation is 2. The predicted octanol–water partition coefficient (Wildman–Crippen LogP) is 6.37. The number of aromatic amines is 2. The van der Waals surface area contributed by atoms with Crippen LogP contribution in [-0.4, -0.2) is 72.9 Å². The highest BCUT2D eigenvalue weighted by molar-refractivity contribution is 6.23. The largest absolute Gasteiger partial charge is 0.480 e. The second kappa shape index (κ2) is 17.9. The lowest BCUT2D eigenvalue weighted by Crippen LogP contribution is -2.48. The summed E-state index contributed by atoms with van der Waals surface area (Å²) in [5.41, 5.74) is 8.93. The van der Waals surface area contributed by atoms with Gasteiger partial charge >= 0.3 is 5.97 Å². The normalized spacial score (nSPS) is 20.9. The van der Waals surface area contributed by atoms with Gasteiger partial charge in [0.1, 0.15) is 12.0 Å². The third-order valence-electron chi connectivity index (χ3n) is 13.1. The second-order valence-corrected chi connectivity index (χ2v) is 16.9. The van der Waals surface area contributed by atoms with E-state index in [1.165, 1.54) is 6.92 Å². The van der Waals surface area contributed by atoms with Crippen molar-refractivity contribution in [2.75, 3.05) is 6.54 Å². The molecular formula is C46H58N8O7. The Bertz CT molecular complexity index is 2480. The van der Waals surface area contributed by atoms with Crippen molar-refractivity contribution in [3.63, 3.8) is 0 Å². The summed E-state index contributed by atoms with van der Waals surface area (Å²) in [5.74, 6) is 0.0101. The molecule has 15 heteroatoms. The number of nitrogens with two attached hydrogens (primary N) is 1. The maximum Gasteiger partial charge on any atom is 0.319 e. The van der Waals surface area contributed by atoms with Crippen molar-refractivity contribution in [2.45, 2.75) is 135 Å². The molecule has 1 aliphatic carbocycles. The Labute approximate surface area is 355 Å². The van der Waals surface area contributed by atoms with Gasteiger partial charge < -0.3 is 25.7 Å². The number of carbonyl (C=O) groups is 6. The third kappa shape index (κ3) is 8.27. The van der Waals surface area contributed by atoms with Crippen LogP contribution in [0.25, 0.3) is 22.1 Å². The number of hydrogen-bond acceptors (Lipinski definition) is 9. The SMILES string of the molecule is C=C[C@H]1c2cc3[nH]c(cc4nc(c5c6[nH]c(cc(n2)C1(C)CC)c(C)c6C(=O)C5C(=O)O)[C@@H](CCC(=O)NCCCC[C@H](NC(=O)CCC)C(=O)NN)[C@@H]4C)c(C)c3C(C)=O. The molecule has 8 N–H and O–H groups in total. The van der Waals surface area contributed by atoms with Gasteiger partial charge in [0.2, 0.25) is 11.8 Å². The maximum absolute atomic E-state index is 14.2. The van der Waals surface area contributed by atoms with Crippen LogP contribution in [0.4, 0.5) is 0 Å². The highest BCUT2D eigenvalue weighted by Crippen LogP contribution is 2.49. The van der Waals surface area contributed by atoms with Crippen molar-refractivity contribution in [3.05, 3.63) is 81.4 Å². The van der Waals surface area contributed by atoms with Crippen molar-refractivity contribution < 1.29 is 33.9 Å². The number of nitrogens with zero attached hydrogens (tertiary/aromatic N) is 2. The highest BCUT2D eigenvalue weighted by Gasteiger charge is 2.45. The molecule has 3 aromatic heterocycles. The summed E-state index contributed by atoms with van der Waals surface area (Å²) in [7, 11) is 0. The number of hydrogen-bond donors (Lipinski definition) is 7. The third-order valence-corrected chi connectivity index (χ3v) is 13.1. The van der Waals surface area contributed by atoms with Crippen LogP contribution in [0.15, 0.2) is 30.9 Å². The van der Waals surface area contributed by atoms with E-state index in [2.05, 4.69) is 46.5 Å². The minimum atomic E-state index is -1.50. The van der Waals surface area contributed by atoms with Crippen LogP contribution in [0.2, 0.25) is 0 Å². The van der Waals surface area contributed by atoms with E-state index in [1.807, 2.05) is 45.0 Å². The van der Waals surface area contributed by atoms with Crippen molar-refractivity contribution in [3.8, 4) is 0 Å². The molecular weight excluding hydrogens is 777 g/mol. The van der Waals surface area contributed by atoms with Crippen molar-refractivity contribution in [1.82, 2.24) is 36.0 Å². The van der Waals surface area contributed by atoms with Gasteiger partial charge in [-0.2, -0.15) is 0 Å². The molecule has 0 saturated heterocycles. The molecule has 0 saturated carbocycles. The molecule has 2 unspecified atom stereocenters. The molecule has 0 aromatic carbocycles. The molecule has 6 atom stereocenters. The molecule has 15 nitrogen and oxygen atoms in total. The lowest BCUT2D eigenvalue weighted by molar-refractivity contribution is -0.137. The Hall–Kier alpha value is -5.96. The average molecular weight is 835 g/mol. The van der Waals surface area contributed by atoms with Gasteiger partial charge in [0, 0.05) is 81.7 Å². The van der Waals surface area contributed by atoms with Crippen molar-refractivity contribution in [1.29, 1.82) is 0 Å². The van der Waals surface area contributed by atoms with Crippen molar-refractivity contribution in [2.24, 2.45) is 5.84 Å². The standard InChI is InChI=1S/C46H58N8O7/c1-9-14-36(57)51-28(44(59)54-47)15-12-13-18-48-35(56)17-16-26-22(4)29-19-30-23(5)37(25(7)55)33(49-30)20-32-27(10-2)46(8,11-3)34(50-32)21-31-24(6)38-42(53-31)39(41(26)52-29)40(43(38)58)45(60)61/h10,19-22,26-28,40,49,53H,2,9,11-18,47H2,1,3-8H3,(H,48,56)(H,51,57)(H,54,59)(H,60,61)/t22-,26-,27-,28-,40?,46?/m0/s1. The fourth-order valence-electron chi connectivity index (χ4n) is 9.42. The quantitative estimate of drug-likeness (QED) is 0.0160. The number of unbranched alkanes of at least 4 members (excludes halogenated alkanes) is 1. The Morgan fingerprint density at radius 3 is 2.33 bits per heavy atom. The molecule has 6 rings (SSSR count). The first-order valence-corrected chi connectivity index (χ1v) is 21.3. The summed E-state index contributed by atoms with van der Waals surface area (Å²) >= 11 is 0. The van der Waals surface area contributed by atoms with Gasteiger partial charge in [-0.1, -0.05) is 33.8 Å². The summed E-state index contributed by atoms with van der Waals surface area (Å²) in [4.78, 5) is 95.3. The number of rotatable bonds is 16. The molecule has 3 aromatic rings. The Morgan fingerprint density at radius 1 is 0.984 bits per heavy atom. The Morgan fingerprint density at radius 2 is 1.69 bits per heavy atom. The number of carboxylic acid groups (broad SMARTS) is 1. The summed E-state index contributed by atoms with van der Waals surface area (Å²) < 4.78 is 0. The number of fused-ring (bicyclic) bond motifs is 8. The monoisotopic (exact) mass is 834 g/mol. The lowest BCUT2D eigenvalue weighted by Gasteiger charge is -2.28. The fraction of sp³-hybridized carbons (Fsp3) is 0.478. The lowest BCUT2D eigenvalue weighted by atomic mass is 9.73. The minimum Gasteiger partial charge on any atom is -0.480 e. The topological polar surface area (TPSA) is 242 Å². The number of aliphatic carboxylic acids is 1. The van der Waals surface area contributed by atoms with Crippen LogP contribution in [-0.2, 0) is 24.6 Å². The molecule has 3 amide bonds. The molecule has 324 valence electrons. The van der Waals surface area contributed by atoms with E-state index in [1.54, 1.807) is 6.92 Å². The zero-order valence-electron chi connectivity index (χ0n) is 36.1. The zero-order valence-corrected chi connectivity index (χ0v) is 36.1. The number of ketones is 2. The van der Waals surface area contributed by atoms with Gasteiger partial charge in [-0.05, 0) is 88.6 Å². The van der Waals surface area contributed by atoms with Gasteiger partial charge in [0.15, 0.2) is 11.6 Å². The van der Waals surface area contributed by atoms with E-state index in [-0.39, 0.29) is 41.4 Å². The van der Waals surface area contributed by atoms with Crippen LogP contribution >= 0.6 is 0 Å². The molecule has 8 bridgehead atoms. The van der Waals surface area contributed by atoms with Gasteiger partial charge in [-0.3, -0.25) is 44.2 Å². The molecule has 61 heavy (non-hydrogen) atoms. The van der Waals surface area contributed by atoms with E-state index in [0.717, 1.165) is 17.0 Å². The molecule has 0 spiro atoms. The summed E-state index contributed by atoms with van der Waals surface area (Å²) in [6.07, 6.45) is 5.36. The fourth-order valence-corrected chi connectivity index (χ4v) is 9.42. The first-order valence-electron chi connectivity index (χ1n) is 21.3. The first kappa shape index (κ1) is 44.6. The van der Waals surface area contributed by atoms with Crippen LogP contribution in [0.1, 0.15) is 170 Å². The van der Waals surface area contributed by atoms with Crippen molar-refractivity contribution >= 4 is 57.3 Å². The summed E-state index contributed by atoms with van der Waals surface area (Å²) in [6.45, 7) is 17.7. The molecule has 5 heterocycles. The number of aromatic nitrogens is 4. The Balaban J connectivity index is 1.41. The van der Waals surface area contributed by atoms with Gasteiger partial charge in [-0.25, -0.2) is 5.84 Å². The molecule has 3 aliphatic rings. The maximum atomic E-state index is 14.2. The number of H-pyrrole nitrogens is 2. The van der Waals surface area contributed by atoms with Gasteiger partial charge in [0.05, 0.1) is 22.4 Å². The highest BCUT2D eigenvalue weighted by atomic mass is 16.4. The zero-order chi connectivity index (χ0) is 44.5. The average Bonchev–Trinajstić information content (AvgIpc) is 3.95. The van der Waals surface area contributed by atoms with E-state index in [4.69, 9.17) is 15.8 Å². The smallest absolute Gasteiger partial charge is 0.319 e. The first-order chi connectivity index (χ1) is 29.0. The van der Waals surface area contributed by atoms with E-state index >= 15 is 0 Å². The van der Waals surface area contributed by atoms with Crippen LogP contribution in [0, 0.1) is 13.8 Å². The number of amides is 3. The summed E-state index contributed by atoms with van der Waals surface area (Å²) in [6, 6.07) is 4.95. The number of allylic oxidation sites excluding steroid dienone is 1. The number of carboxylic acids is 1. The Kier molecular flexibility index (Phi) is 13.1. The van der Waals surface area contributed by atoms with Crippen LogP contribution in [0.3, 0.4) is 0 Å². The molecule has 0 radical (unpaired) electrons. The number of Topliss-reactive ketones (excluding diaryl/α,β-unsaturated/α-hetero) is 2. The number of hydrazine groups is 1. The van der Waals surface area contributed by atoms with E-state index < -0.39 is 41.0 Å². The van der Waals surface area contributed by atoms with Crippen LogP contribution in [0.5, 0.6) is 0 Å². The summed E-state index contributed by atoms with van der Waals surface area (Å²) in [5, 5.41) is 16.3. The van der Waals surface area contributed by atoms with Crippen LogP contribution < -0.4 is 21.9 Å². The van der Waals surface area contributed by atoms with Gasteiger partial charge in [0.25, 0.3) is 5.91 Å².